The average Bonchev–Trinajstić information content (AvgIpc) is 2.88. The van der Waals surface area contributed by atoms with E-state index in [1.165, 1.54) is 0 Å². The molecule has 0 fully saturated rings. The summed E-state index contributed by atoms with van der Waals surface area (Å²) in [7, 11) is 0. The third-order valence-electron chi connectivity index (χ3n) is 2.54. The molecule has 5 nitrogen and oxygen atoms in total. The Balaban J connectivity index is 2.00. The molecule has 0 unspecified atom stereocenters. The van der Waals surface area contributed by atoms with E-state index in [1.54, 1.807) is 18.3 Å². The number of nitrogen functional groups attached to an aromatic ring is 1. The molecule has 0 aliphatic heterocycles. The minimum Gasteiger partial charge on any atom is -0.384 e. The zero-order valence-corrected chi connectivity index (χ0v) is 11.3. The highest BCUT2D eigenvalue weighted by molar-refractivity contribution is 9.10. The van der Waals surface area contributed by atoms with E-state index in [0.29, 0.717) is 17.5 Å². The summed E-state index contributed by atoms with van der Waals surface area (Å²) in [5.41, 5.74) is 7.26. The van der Waals surface area contributed by atoms with Gasteiger partial charge < -0.3 is 10.3 Å². The lowest BCUT2D eigenvalue weighted by atomic mass is 10.2. The summed E-state index contributed by atoms with van der Waals surface area (Å²) in [6.07, 6.45) is 1.60. The van der Waals surface area contributed by atoms with Gasteiger partial charge in [0.05, 0.1) is 0 Å². The van der Waals surface area contributed by atoms with Gasteiger partial charge in [0.25, 0.3) is 5.89 Å². The monoisotopic (exact) mass is 316 g/mol. The fourth-order valence-corrected chi connectivity index (χ4v) is 2.07. The first-order valence-electron chi connectivity index (χ1n) is 5.54. The van der Waals surface area contributed by atoms with E-state index in [-0.39, 0.29) is 0 Å². The van der Waals surface area contributed by atoms with Gasteiger partial charge in [0.1, 0.15) is 5.82 Å². The lowest BCUT2D eigenvalue weighted by Gasteiger charge is -1.95. The lowest BCUT2D eigenvalue weighted by Crippen LogP contribution is -1.89. The molecular weight excluding hydrogens is 308 g/mol. The van der Waals surface area contributed by atoms with Crippen molar-refractivity contribution in [2.45, 2.75) is 0 Å². The van der Waals surface area contributed by atoms with Gasteiger partial charge >= 0.3 is 0 Å². The zero-order chi connectivity index (χ0) is 13.2. The summed E-state index contributed by atoms with van der Waals surface area (Å²) in [5, 5.41) is 3.97. The molecule has 2 heterocycles. The second-order valence-electron chi connectivity index (χ2n) is 3.90. The maximum atomic E-state index is 5.63. The number of rotatable bonds is 2. The smallest absolute Gasteiger partial charge is 0.258 e. The van der Waals surface area contributed by atoms with Crippen LogP contribution in [-0.4, -0.2) is 15.1 Å². The van der Waals surface area contributed by atoms with Crippen molar-refractivity contribution in [1.82, 2.24) is 15.1 Å². The zero-order valence-electron chi connectivity index (χ0n) is 9.75. The minimum atomic E-state index is 0.416. The number of anilines is 1. The molecule has 0 aliphatic rings. The van der Waals surface area contributed by atoms with Crippen LogP contribution < -0.4 is 5.73 Å². The molecule has 0 amide bonds. The summed E-state index contributed by atoms with van der Waals surface area (Å²) in [6, 6.07) is 11.2. The van der Waals surface area contributed by atoms with Crippen molar-refractivity contribution in [3.63, 3.8) is 0 Å². The number of nitrogens with zero attached hydrogens (tertiary/aromatic N) is 3. The first-order chi connectivity index (χ1) is 9.22. The minimum absolute atomic E-state index is 0.416. The third kappa shape index (κ3) is 2.48. The summed E-state index contributed by atoms with van der Waals surface area (Å²) < 4.78 is 6.20. The summed E-state index contributed by atoms with van der Waals surface area (Å²) >= 11 is 3.41. The maximum absolute atomic E-state index is 5.63. The van der Waals surface area contributed by atoms with Crippen LogP contribution in [0.5, 0.6) is 0 Å². The summed E-state index contributed by atoms with van der Waals surface area (Å²) in [6.45, 7) is 0. The maximum Gasteiger partial charge on any atom is 0.258 e. The largest absolute Gasteiger partial charge is 0.384 e. The normalized spacial score (nSPS) is 10.6. The highest BCUT2D eigenvalue weighted by Gasteiger charge is 2.11. The van der Waals surface area contributed by atoms with Gasteiger partial charge in [-0.3, -0.25) is 0 Å². The van der Waals surface area contributed by atoms with Crippen molar-refractivity contribution in [2.24, 2.45) is 0 Å². The molecule has 1 aromatic carbocycles. The van der Waals surface area contributed by atoms with Crippen LogP contribution in [0.4, 0.5) is 5.82 Å². The fraction of sp³-hybridized carbons (Fsp3) is 0. The standard InChI is InChI=1S/C13H9BrN4O/c14-10-3-1-2-8(6-10)12-17-13(19-18-12)9-4-5-16-11(15)7-9/h1-7H,(H2,15,16). The van der Waals surface area contributed by atoms with Crippen LogP contribution in [0.15, 0.2) is 51.6 Å². The Labute approximate surface area is 117 Å². The van der Waals surface area contributed by atoms with E-state index in [1.807, 2.05) is 24.3 Å². The van der Waals surface area contributed by atoms with Crippen LogP contribution in [-0.2, 0) is 0 Å². The van der Waals surface area contributed by atoms with Gasteiger partial charge in [-0.05, 0) is 24.3 Å². The van der Waals surface area contributed by atoms with Gasteiger partial charge in [-0.15, -0.1) is 0 Å². The number of nitrogens with two attached hydrogens (primary N) is 1. The van der Waals surface area contributed by atoms with Crippen molar-refractivity contribution in [1.29, 1.82) is 0 Å². The van der Waals surface area contributed by atoms with Crippen LogP contribution in [0.3, 0.4) is 0 Å². The van der Waals surface area contributed by atoms with E-state index < -0.39 is 0 Å². The average molecular weight is 317 g/mol. The van der Waals surface area contributed by atoms with Crippen LogP contribution in [0.2, 0.25) is 0 Å². The van der Waals surface area contributed by atoms with Crippen molar-refractivity contribution in [2.75, 3.05) is 5.73 Å². The Bertz CT molecular complexity index is 666. The number of aromatic nitrogens is 3. The molecule has 19 heavy (non-hydrogen) atoms. The number of pyridine rings is 1. The first kappa shape index (κ1) is 11.9. The first-order valence-corrected chi connectivity index (χ1v) is 6.33. The third-order valence-corrected chi connectivity index (χ3v) is 3.03. The van der Waals surface area contributed by atoms with E-state index in [4.69, 9.17) is 10.3 Å². The van der Waals surface area contributed by atoms with Gasteiger partial charge in [-0.1, -0.05) is 33.2 Å². The Hall–Kier alpha value is -2.21. The van der Waals surface area contributed by atoms with Crippen LogP contribution in [0.1, 0.15) is 0 Å². The van der Waals surface area contributed by atoms with E-state index in [2.05, 4.69) is 31.1 Å². The Morgan fingerprint density at radius 1 is 1.11 bits per heavy atom. The molecule has 0 atom stereocenters. The van der Waals surface area contributed by atoms with E-state index >= 15 is 0 Å². The van der Waals surface area contributed by atoms with Gasteiger partial charge in [-0.2, -0.15) is 4.98 Å². The SMILES string of the molecule is Nc1cc(-c2nc(-c3cccc(Br)c3)no2)ccn1. The van der Waals surface area contributed by atoms with Gasteiger partial charge in [0.15, 0.2) is 0 Å². The molecule has 0 aliphatic carbocycles. The molecule has 0 bridgehead atoms. The van der Waals surface area contributed by atoms with Crippen LogP contribution in [0, 0.1) is 0 Å². The van der Waals surface area contributed by atoms with Crippen molar-refractivity contribution in [3.8, 4) is 22.8 Å². The van der Waals surface area contributed by atoms with E-state index in [9.17, 15) is 0 Å². The number of halogens is 1. The second kappa shape index (κ2) is 4.81. The van der Waals surface area contributed by atoms with E-state index in [0.717, 1.165) is 15.6 Å². The molecule has 2 N–H and O–H groups in total. The molecule has 3 rings (SSSR count). The van der Waals surface area contributed by atoms with Gasteiger partial charge in [0, 0.05) is 21.8 Å². The molecule has 0 radical (unpaired) electrons. The quantitative estimate of drug-likeness (QED) is 0.785. The molecule has 94 valence electrons. The molecule has 3 aromatic rings. The molecule has 0 saturated carbocycles. The molecular formula is C13H9BrN4O. The summed E-state index contributed by atoms with van der Waals surface area (Å²) in [5.74, 6) is 1.37. The number of hydrogen-bond acceptors (Lipinski definition) is 5. The molecule has 0 spiro atoms. The van der Waals surface area contributed by atoms with Gasteiger partial charge in [-0.25, -0.2) is 4.98 Å². The fourth-order valence-electron chi connectivity index (χ4n) is 1.67. The Morgan fingerprint density at radius 2 is 2.00 bits per heavy atom. The van der Waals surface area contributed by atoms with Crippen LogP contribution in [0.25, 0.3) is 22.8 Å². The predicted octanol–water partition coefficient (Wildman–Crippen LogP) is 3.14. The van der Waals surface area contributed by atoms with Crippen molar-refractivity contribution >= 4 is 21.7 Å². The van der Waals surface area contributed by atoms with Crippen LogP contribution >= 0.6 is 15.9 Å². The number of benzene rings is 1. The van der Waals surface area contributed by atoms with Crippen molar-refractivity contribution in [3.05, 3.63) is 47.1 Å². The lowest BCUT2D eigenvalue weighted by molar-refractivity contribution is 0.432. The summed E-state index contributed by atoms with van der Waals surface area (Å²) in [4.78, 5) is 8.27. The Morgan fingerprint density at radius 3 is 2.79 bits per heavy atom. The number of hydrogen-bond donors (Lipinski definition) is 1. The highest BCUT2D eigenvalue weighted by atomic mass is 79.9. The predicted molar refractivity (Wildman–Crippen MR) is 75.1 cm³/mol. The second-order valence-corrected chi connectivity index (χ2v) is 4.82. The van der Waals surface area contributed by atoms with Crippen molar-refractivity contribution < 1.29 is 4.52 Å². The molecule has 0 saturated heterocycles. The highest BCUT2D eigenvalue weighted by Crippen LogP contribution is 2.24. The molecule has 6 heteroatoms. The Kier molecular flexibility index (Phi) is 3.00. The molecule has 2 aromatic heterocycles. The van der Waals surface area contributed by atoms with Gasteiger partial charge in [0.2, 0.25) is 5.82 Å². The topological polar surface area (TPSA) is 77.8 Å².